The minimum Gasteiger partial charge on any atom is -0.378 e. The SMILES string of the molecule is O=C1CCC(N2Cc3c(NC(=O)COCCOCCOCCOCCOCCCl)cccc3C2=O)C(=O)N1. The number of hydrogen-bond donors (Lipinski definition) is 2. The molecule has 0 aromatic heterocycles. The number of rotatable bonds is 18. The van der Waals surface area contributed by atoms with Crippen LogP contribution in [-0.2, 0) is 44.6 Å². The van der Waals surface area contributed by atoms with Crippen LogP contribution in [-0.4, -0.2) is 107 Å². The molecule has 0 spiro atoms. The van der Waals surface area contributed by atoms with Gasteiger partial charge in [-0.1, -0.05) is 6.07 Å². The third-order valence-electron chi connectivity index (χ3n) is 5.80. The number of halogens is 1. The maximum atomic E-state index is 12.9. The summed E-state index contributed by atoms with van der Waals surface area (Å²) < 4.78 is 26.7. The quantitative estimate of drug-likeness (QED) is 0.152. The molecule has 12 nitrogen and oxygen atoms in total. The van der Waals surface area contributed by atoms with Crippen molar-refractivity contribution in [3.05, 3.63) is 29.3 Å². The maximum Gasteiger partial charge on any atom is 0.255 e. The van der Waals surface area contributed by atoms with E-state index in [2.05, 4.69) is 10.6 Å². The topological polar surface area (TPSA) is 142 Å². The molecule has 0 radical (unpaired) electrons. The number of fused-ring (bicyclic) bond motifs is 1. The summed E-state index contributed by atoms with van der Waals surface area (Å²) in [5.74, 6) is -1.03. The van der Waals surface area contributed by atoms with E-state index in [1.807, 2.05) is 0 Å². The molecule has 3 rings (SSSR count). The molecule has 1 saturated heterocycles. The Morgan fingerprint density at radius 1 is 0.921 bits per heavy atom. The molecule has 0 bridgehead atoms. The summed E-state index contributed by atoms with van der Waals surface area (Å²) >= 11 is 5.50. The zero-order chi connectivity index (χ0) is 27.2. The van der Waals surface area contributed by atoms with E-state index >= 15 is 0 Å². The molecule has 2 aliphatic rings. The highest BCUT2D eigenvalue weighted by Crippen LogP contribution is 2.32. The minimum atomic E-state index is -0.718. The van der Waals surface area contributed by atoms with Crippen molar-refractivity contribution in [2.75, 3.05) is 77.3 Å². The first-order valence-corrected chi connectivity index (χ1v) is 13.1. The second kappa shape index (κ2) is 16.4. The van der Waals surface area contributed by atoms with Gasteiger partial charge in [0.25, 0.3) is 5.91 Å². The number of carbonyl (C=O) groups excluding carboxylic acids is 4. The van der Waals surface area contributed by atoms with Gasteiger partial charge in [0.1, 0.15) is 12.6 Å². The number of nitrogens with zero attached hydrogens (tertiary/aromatic N) is 1. The summed E-state index contributed by atoms with van der Waals surface area (Å²) in [6.07, 6.45) is 0.448. The van der Waals surface area contributed by atoms with Crippen molar-refractivity contribution < 1.29 is 42.9 Å². The Hall–Kier alpha value is -2.61. The Kier molecular flexibility index (Phi) is 12.9. The van der Waals surface area contributed by atoms with Crippen LogP contribution in [0.4, 0.5) is 5.69 Å². The standard InChI is InChI=1S/C25H34ClN3O9/c26-6-7-34-8-9-35-10-11-36-12-13-37-14-15-38-17-23(31)27-20-3-1-2-18-19(20)16-29(25(18)33)21-4-5-22(30)28-24(21)32/h1-3,21H,4-17H2,(H,27,31)(H,28,30,32). The lowest BCUT2D eigenvalue weighted by molar-refractivity contribution is -0.137. The number of imide groups is 1. The third kappa shape index (κ3) is 9.29. The predicted octanol–water partition coefficient (Wildman–Crippen LogP) is 0.708. The first kappa shape index (κ1) is 29.9. The average Bonchev–Trinajstić information content (AvgIpc) is 3.23. The van der Waals surface area contributed by atoms with Crippen LogP contribution < -0.4 is 10.6 Å². The number of anilines is 1. The van der Waals surface area contributed by atoms with Crippen molar-refractivity contribution in [2.24, 2.45) is 0 Å². The van der Waals surface area contributed by atoms with Gasteiger partial charge in [-0.25, -0.2) is 0 Å². The zero-order valence-corrected chi connectivity index (χ0v) is 22.0. The molecule has 2 heterocycles. The number of ether oxygens (including phenoxy) is 5. The Labute approximate surface area is 226 Å². The summed E-state index contributed by atoms with van der Waals surface area (Å²) in [6.45, 7) is 3.76. The fourth-order valence-corrected chi connectivity index (χ4v) is 4.10. The van der Waals surface area contributed by atoms with E-state index in [4.69, 9.17) is 35.3 Å². The first-order chi connectivity index (χ1) is 18.5. The first-order valence-electron chi connectivity index (χ1n) is 12.5. The lowest BCUT2D eigenvalue weighted by Crippen LogP contribution is -2.52. The highest BCUT2D eigenvalue weighted by molar-refractivity contribution is 6.18. The summed E-state index contributed by atoms with van der Waals surface area (Å²) in [5.41, 5.74) is 1.54. The maximum absolute atomic E-state index is 12.9. The fraction of sp³-hybridized carbons (Fsp3) is 0.600. The highest BCUT2D eigenvalue weighted by atomic mass is 35.5. The molecule has 1 fully saturated rings. The molecule has 2 aliphatic heterocycles. The van der Waals surface area contributed by atoms with Gasteiger partial charge in [0.05, 0.1) is 59.5 Å². The summed E-state index contributed by atoms with van der Waals surface area (Å²) in [5, 5.41) is 5.05. The molecule has 1 unspecified atom stereocenters. The molecule has 210 valence electrons. The van der Waals surface area contributed by atoms with Crippen molar-refractivity contribution in [3.63, 3.8) is 0 Å². The normalized spacial score (nSPS) is 17.0. The zero-order valence-electron chi connectivity index (χ0n) is 21.2. The molecule has 1 aromatic carbocycles. The molecule has 2 N–H and O–H groups in total. The number of alkyl halides is 1. The van der Waals surface area contributed by atoms with Crippen molar-refractivity contribution >= 4 is 40.9 Å². The molecular weight excluding hydrogens is 522 g/mol. The second-order valence-corrected chi connectivity index (χ2v) is 8.85. The van der Waals surface area contributed by atoms with Crippen molar-refractivity contribution in [1.82, 2.24) is 10.2 Å². The Balaban J connectivity index is 1.27. The summed E-state index contributed by atoms with van der Waals surface area (Å²) in [4.78, 5) is 50.4. The smallest absolute Gasteiger partial charge is 0.255 e. The van der Waals surface area contributed by atoms with Gasteiger partial charge >= 0.3 is 0 Å². The van der Waals surface area contributed by atoms with Crippen LogP contribution in [0.15, 0.2) is 18.2 Å². The Bertz CT molecular complexity index is 962. The van der Waals surface area contributed by atoms with Crippen molar-refractivity contribution in [3.8, 4) is 0 Å². The number of amides is 4. The van der Waals surface area contributed by atoms with Crippen LogP contribution in [0.3, 0.4) is 0 Å². The largest absolute Gasteiger partial charge is 0.378 e. The molecule has 0 aliphatic carbocycles. The van der Waals surface area contributed by atoms with Gasteiger partial charge in [-0.2, -0.15) is 0 Å². The highest BCUT2D eigenvalue weighted by Gasteiger charge is 2.39. The summed E-state index contributed by atoms with van der Waals surface area (Å²) in [6, 6.07) is 4.30. The van der Waals surface area contributed by atoms with Gasteiger partial charge in [0, 0.05) is 35.7 Å². The van der Waals surface area contributed by atoms with Gasteiger partial charge in [-0.15, -0.1) is 11.6 Å². The predicted molar refractivity (Wildman–Crippen MR) is 136 cm³/mol. The van der Waals surface area contributed by atoms with E-state index in [0.29, 0.717) is 75.5 Å². The monoisotopic (exact) mass is 555 g/mol. The lowest BCUT2D eigenvalue weighted by atomic mass is 10.0. The number of piperidine rings is 1. The van der Waals surface area contributed by atoms with Crippen molar-refractivity contribution in [1.29, 1.82) is 0 Å². The van der Waals surface area contributed by atoms with Gasteiger partial charge in [-0.05, 0) is 18.6 Å². The van der Waals surface area contributed by atoms with Gasteiger partial charge in [0.15, 0.2) is 0 Å². The molecule has 1 atom stereocenters. The van der Waals surface area contributed by atoms with E-state index in [1.165, 1.54) is 4.90 Å². The fourth-order valence-electron chi connectivity index (χ4n) is 3.99. The molecule has 13 heteroatoms. The summed E-state index contributed by atoms with van der Waals surface area (Å²) in [7, 11) is 0. The van der Waals surface area contributed by atoms with Crippen molar-refractivity contribution in [2.45, 2.75) is 25.4 Å². The molecule has 38 heavy (non-hydrogen) atoms. The molecule has 4 amide bonds. The van der Waals surface area contributed by atoms with Crippen LogP contribution >= 0.6 is 11.6 Å². The van der Waals surface area contributed by atoms with Crippen LogP contribution in [0.2, 0.25) is 0 Å². The third-order valence-corrected chi connectivity index (χ3v) is 5.95. The lowest BCUT2D eigenvalue weighted by Gasteiger charge is -2.29. The van der Waals surface area contributed by atoms with E-state index in [0.717, 1.165) is 0 Å². The minimum absolute atomic E-state index is 0.169. The van der Waals surface area contributed by atoms with E-state index in [1.54, 1.807) is 18.2 Å². The van der Waals surface area contributed by atoms with Gasteiger partial charge < -0.3 is 33.9 Å². The van der Waals surface area contributed by atoms with Crippen LogP contribution in [0.1, 0.15) is 28.8 Å². The van der Waals surface area contributed by atoms with Crippen LogP contribution in [0, 0.1) is 0 Å². The molecular formula is C25H34ClN3O9. The van der Waals surface area contributed by atoms with Gasteiger partial charge in [0.2, 0.25) is 17.7 Å². The average molecular weight is 556 g/mol. The molecule has 0 saturated carbocycles. The molecule has 1 aromatic rings. The number of hydrogen-bond acceptors (Lipinski definition) is 9. The Morgan fingerprint density at radius 3 is 2.13 bits per heavy atom. The Morgan fingerprint density at radius 2 is 1.53 bits per heavy atom. The van der Waals surface area contributed by atoms with E-state index in [-0.39, 0.29) is 50.3 Å². The number of carbonyl (C=O) groups is 4. The second-order valence-electron chi connectivity index (χ2n) is 8.47. The number of nitrogens with one attached hydrogen (secondary N) is 2. The number of benzene rings is 1. The van der Waals surface area contributed by atoms with Gasteiger partial charge in [-0.3, -0.25) is 24.5 Å². The van der Waals surface area contributed by atoms with E-state index < -0.39 is 11.9 Å². The van der Waals surface area contributed by atoms with Crippen LogP contribution in [0.25, 0.3) is 0 Å². The van der Waals surface area contributed by atoms with Crippen LogP contribution in [0.5, 0.6) is 0 Å². The van der Waals surface area contributed by atoms with E-state index in [9.17, 15) is 19.2 Å².